The van der Waals surface area contributed by atoms with E-state index in [-0.39, 0.29) is 5.97 Å². The van der Waals surface area contributed by atoms with Crippen LogP contribution in [-0.2, 0) is 16.0 Å². The Morgan fingerprint density at radius 1 is 1.38 bits per heavy atom. The van der Waals surface area contributed by atoms with E-state index in [1.54, 1.807) is 11.3 Å². The highest BCUT2D eigenvalue weighted by atomic mass is 32.1. The van der Waals surface area contributed by atoms with Gasteiger partial charge in [0.05, 0.1) is 25.8 Å². The van der Waals surface area contributed by atoms with Crippen molar-refractivity contribution in [2.24, 2.45) is 0 Å². The molecular weight excluding hydrogens is 286 g/mol. The number of hydrogen-bond donors (Lipinski definition) is 0. The van der Waals surface area contributed by atoms with Gasteiger partial charge < -0.3 is 9.47 Å². The number of hydrogen-bond acceptors (Lipinski definition) is 5. The lowest BCUT2D eigenvalue weighted by Crippen LogP contribution is -2.01. The van der Waals surface area contributed by atoms with Crippen molar-refractivity contribution in [1.82, 2.24) is 4.98 Å². The number of esters is 1. The highest BCUT2D eigenvalue weighted by molar-refractivity contribution is 7.13. The number of thiazole rings is 1. The summed E-state index contributed by atoms with van der Waals surface area (Å²) in [6.45, 7) is 2.80. The van der Waals surface area contributed by atoms with Gasteiger partial charge in [-0.25, -0.2) is 4.98 Å². The van der Waals surface area contributed by atoms with Gasteiger partial charge in [-0.3, -0.25) is 4.79 Å². The van der Waals surface area contributed by atoms with Gasteiger partial charge in [0.15, 0.2) is 0 Å². The lowest BCUT2D eigenvalue weighted by Gasteiger charge is -2.05. The Labute approximate surface area is 128 Å². The summed E-state index contributed by atoms with van der Waals surface area (Å²) in [6.07, 6.45) is 1.95. The van der Waals surface area contributed by atoms with Crippen molar-refractivity contribution in [3.63, 3.8) is 0 Å². The first-order chi connectivity index (χ1) is 10.2. The zero-order valence-corrected chi connectivity index (χ0v) is 13.1. The van der Waals surface area contributed by atoms with E-state index in [0.717, 1.165) is 28.4 Å². The molecule has 0 atom stereocenters. The average molecular weight is 305 g/mol. The summed E-state index contributed by atoms with van der Waals surface area (Å²) in [5.74, 6) is 0.653. The first-order valence-electron chi connectivity index (χ1n) is 6.97. The van der Waals surface area contributed by atoms with Crippen LogP contribution in [0.4, 0.5) is 0 Å². The van der Waals surface area contributed by atoms with Gasteiger partial charge in [0.25, 0.3) is 0 Å². The Morgan fingerprint density at radius 3 is 3.00 bits per heavy atom. The molecule has 0 fully saturated rings. The third-order valence-electron chi connectivity index (χ3n) is 2.92. The normalized spacial score (nSPS) is 10.4. The molecule has 0 radical (unpaired) electrons. The minimum Gasteiger partial charge on any atom is -0.494 e. The summed E-state index contributed by atoms with van der Waals surface area (Å²) < 4.78 is 10.3. The summed E-state index contributed by atoms with van der Waals surface area (Å²) >= 11 is 1.58. The molecule has 0 unspecified atom stereocenters. The van der Waals surface area contributed by atoms with Crippen LogP contribution < -0.4 is 4.74 Å². The lowest BCUT2D eigenvalue weighted by atomic mass is 10.2. The minimum atomic E-state index is -0.209. The monoisotopic (exact) mass is 305 g/mol. The maximum Gasteiger partial charge on any atom is 0.305 e. The first kappa shape index (κ1) is 15.5. The largest absolute Gasteiger partial charge is 0.494 e. The van der Waals surface area contributed by atoms with E-state index in [0.29, 0.717) is 19.4 Å². The van der Waals surface area contributed by atoms with Crippen molar-refractivity contribution in [3.05, 3.63) is 35.3 Å². The first-order valence-corrected chi connectivity index (χ1v) is 7.85. The molecule has 21 heavy (non-hydrogen) atoms. The fourth-order valence-electron chi connectivity index (χ4n) is 1.83. The van der Waals surface area contributed by atoms with Gasteiger partial charge >= 0.3 is 5.97 Å². The Morgan fingerprint density at radius 2 is 2.24 bits per heavy atom. The van der Waals surface area contributed by atoms with Crippen molar-refractivity contribution >= 4 is 17.3 Å². The van der Waals surface area contributed by atoms with Crippen LogP contribution in [0, 0.1) is 0 Å². The average Bonchev–Trinajstić information content (AvgIpc) is 3.00. The molecule has 0 spiro atoms. The van der Waals surface area contributed by atoms with Crippen LogP contribution in [0.2, 0.25) is 0 Å². The molecule has 2 rings (SSSR count). The van der Waals surface area contributed by atoms with E-state index in [1.807, 2.05) is 29.6 Å². The maximum atomic E-state index is 11.1. The lowest BCUT2D eigenvalue weighted by molar-refractivity contribution is -0.140. The molecule has 0 saturated carbocycles. The van der Waals surface area contributed by atoms with Gasteiger partial charge in [0.1, 0.15) is 10.8 Å². The second-order valence-corrected chi connectivity index (χ2v) is 5.45. The molecule has 0 saturated heterocycles. The van der Waals surface area contributed by atoms with Crippen LogP contribution >= 0.6 is 11.3 Å². The zero-order chi connectivity index (χ0) is 15.1. The van der Waals surface area contributed by atoms with Crippen LogP contribution in [0.1, 0.15) is 25.5 Å². The molecule has 0 N–H and O–H groups in total. The van der Waals surface area contributed by atoms with E-state index in [2.05, 4.69) is 16.6 Å². The molecule has 1 heterocycles. The van der Waals surface area contributed by atoms with E-state index in [9.17, 15) is 4.79 Å². The standard InChI is InChI=1S/C16H19NO3S/c1-3-9-20-14-6-4-5-12(10-14)16-17-13(11-21-16)7-8-15(18)19-2/h4-6,10-11H,3,7-9H2,1-2H3. The molecule has 0 bridgehead atoms. The molecule has 4 nitrogen and oxygen atoms in total. The Balaban J connectivity index is 2.05. The van der Waals surface area contributed by atoms with Crippen molar-refractivity contribution < 1.29 is 14.3 Å². The fraction of sp³-hybridized carbons (Fsp3) is 0.375. The van der Waals surface area contributed by atoms with Gasteiger partial charge in [-0.2, -0.15) is 0 Å². The van der Waals surface area contributed by atoms with E-state index in [4.69, 9.17) is 4.74 Å². The number of methoxy groups -OCH3 is 1. The summed E-state index contributed by atoms with van der Waals surface area (Å²) in [7, 11) is 1.40. The molecule has 112 valence electrons. The minimum absolute atomic E-state index is 0.209. The van der Waals surface area contributed by atoms with Gasteiger partial charge in [-0.1, -0.05) is 19.1 Å². The van der Waals surface area contributed by atoms with E-state index >= 15 is 0 Å². The Hall–Kier alpha value is -1.88. The van der Waals surface area contributed by atoms with Crippen LogP contribution in [0.5, 0.6) is 5.75 Å². The number of nitrogens with zero attached hydrogens (tertiary/aromatic N) is 1. The molecule has 1 aromatic carbocycles. The summed E-state index contributed by atoms with van der Waals surface area (Å²) in [4.78, 5) is 15.7. The predicted molar refractivity (Wildman–Crippen MR) is 83.7 cm³/mol. The highest BCUT2D eigenvalue weighted by Crippen LogP contribution is 2.27. The van der Waals surface area contributed by atoms with E-state index in [1.165, 1.54) is 7.11 Å². The molecule has 0 aliphatic heterocycles. The Bertz CT molecular complexity index is 595. The topological polar surface area (TPSA) is 48.4 Å². The summed E-state index contributed by atoms with van der Waals surface area (Å²) in [5, 5.41) is 2.93. The molecule has 0 aliphatic rings. The highest BCUT2D eigenvalue weighted by Gasteiger charge is 2.08. The van der Waals surface area contributed by atoms with Crippen molar-refractivity contribution in [2.75, 3.05) is 13.7 Å². The predicted octanol–water partition coefficient (Wildman–Crippen LogP) is 3.70. The van der Waals surface area contributed by atoms with E-state index < -0.39 is 0 Å². The Kier molecular flexibility index (Phi) is 5.75. The SMILES string of the molecule is CCCOc1cccc(-c2nc(CCC(=O)OC)cs2)c1. The van der Waals surface area contributed by atoms with Crippen LogP contribution in [-0.4, -0.2) is 24.7 Å². The number of aromatic nitrogens is 1. The van der Waals surface area contributed by atoms with Gasteiger partial charge in [-0.15, -0.1) is 11.3 Å². The number of carbonyl (C=O) groups excluding carboxylic acids is 1. The molecule has 0 aliphatic carbocycles. The number of ether oxygens (including phenoxy) is 2. The number of aryl methyl sites for hydroxylation is 1. The van der Waals surface area contributed by atoms with Crippen molar-refractivity contribution in [3.8, 4) is 16.3 Å². The molecule has 1 aromatic heterocycles. The molecule has 0 amide bonds. The van der Waals surface area contributed by atoms with Crippen LogP contribution in [0.15, 0.2) is 29.6 Å². The summed E-state index contributed by atoms with van der Waals surface area (Å²) in [6, 6.07) is 7.93. The van der Waals surface area contributed by atoms with Gasteiger partial charge in [-0.05, 0) is 18.6 Å². The number of benzene rings is 1. The quantitative estimate of drug-likeness (QED) is 0.732. The second-order valence-electron chi connectivity index (χ2n) is 4.60. The van der Waals surface area contributed by atoms with Crippen LogP contribution in [0.3, 0.4) is 0 Å². The summed E-state index contributed by atoms with van der Waals surface area (Å²) in [5.41, 5.74) is 1.96. The third-order valence-corrected chi connectivity index (χ3v) is 3.86. The zero-order valence-electron chi connectivity index (χ0n) is 12.3. The maximum absolute atomic E-state index is 11.1. The molecule has 5 heteroatoms. The fourth-order valence-corrected chi connectivity index (χ4v) is 2.68. The van der Waals surface area contributed by atoms with Crippen molar-refractivity contribution in [2.45, 2.75) is 26.2 Å². The number of carbonyl (C=O) groups is 1. The smallest absolute Gasteiger partial charge is 0.305 e. The molecular formula is C16H19NO3S. The molecule has 2 aromatic rings. The number of rotatable bonds is 7. The van der Waals surface area contributed by atoms with Gasteiger partial charge in [0.2, 0.25) is 0 Å². The third kappa shape index (κ3) is 4.56. The van der Waals surface area contributed by atoms with Crippen LogP contribution in [0.25, 0.3) is 10.6 Å². The second kappa shape index (κ2) is 7.78. The van der Waals surface area contributed by atoms with Gasteiger partial charge in [0, 0.05) is 17.4 Å². The van der Waals surface area contributed by atoms with Crippen molar-refractivity contribution in [1.29, 1.82) is 0 Å².